The maximum Gasteiger partial charge on any atom is 0.417 e. The van der Waals surface area contributed by atoms with E-state index in [1.165, 1.54) is 0 Å². The fraction of sp³-hybridized carbons (Fsp3) is 0.571. The molecule has 0 atom stereocenters. The topological polar surface area (TPSA) is 49.2 Å². The van der Waals surface area contributed by atoms with Crippen LogP contribution >= 0.6 is 0 Å². The number of hydrogen-bond donors (Lipinski definition) is 0. The van der Waals surface area contributed by atoms with E-state index >= 15 is 0 Å². The Morgan fingerprint density at radius 3 is 2.48 bits per heavy atom. The minimum atomic E-state index is -4.54. The van der Waals surface area contributed by atoms with Gasteiger partial charge in [0.2, 0.25) is 0 Å². The first-order chi connectivity index (χ1) is 10.0. The second-order valence-electron chi connectivity index (χ2n) is 5.28. The van der Waals surface area contributed by atoms with Gasteiger partial charge in [-0.3, -0.25) is 0 Å². The Morgan fingerprint density at radius 1 is 1.29 bits per heavy atom. The van der Waals surface area contributed by atoms with E-state index in [-0.39, 0.29) is 17.3 Å². The molecule has 2 heterocycles. The Balaban J connectivity index is 2.11. The van der Waals surface area contributed by atoms with Crippen LogP contribution in [0.25, 0.3) is 0 Å². The van der Waals surface area contributed by atoms with Gasteiger partial charge in [0.25, 0.3) is 0 Å². The number of halogens is 3. The van der Waals surface area contributed by atoms with Crippen LogP contribution in [0.4, 0.5) is 19.0 Å². The van der Waals surface area contributed by atoms with Gasteiger partial charge < -0.3 is 9.64 Å². The molecule has 7 heteroatoms. The summed E-state index contributed by atoms with van der Waals surface area (Å²) in [4.78, 5) is 6.06. The van der Waals surface area contributed by atoms with Gasteiger partial charge >= 0.3 is 6.18 Å². The minimum absolute atomic E-state index is 0.0960. The standard InChI is InChI=1S/C14H14F3N3O/c15-14(16,17)11-7-12(9-1-2-9)19-13(10(11)8-18)20-3-5-21-6-4-20/h7,9H,1-6H2. The van der Waals surface area contributed by atoms with Crippen molar-refractivity contribution in [3.63, 3.8) is 0 Å². The van der Waals surface area contributed by atoms with Gasteiger partial charge in [0.05, 0.1) is 18.8 Å². The molecule has 1 saturated heterocycles. The van der Waals surface area contributed by atoms with Crippen molar-refractivity contribution in [2.24, 2.45) is 0 Å². The molecule has 0 unspecified atom stereocenters. The third kappa shape index (κ3) is 2.81. The Morgan fingerprint density at radius 2 is 1.95 bits per heavy atom. The lowest BCUT2D eigenvalue weighted by Crippen LogP contribution is -2.37. The molecule has 0 bridgehead atoms. The van der Waals surface area contributed by atoms with Crippen LogP contribution in [0.15, 0.2) is 6.07 Å². The molecule has 4 nitrogen and oxygen atoms in total. The van der Waals surface area contributed by atoms with E-state index in [0.29, 0.717) is 32.0 Å². The lowest BCUT2D eigenvalue weighted by Gasteiger charge is -2.29. The number of anilines is 1. The summed E-state index contributed by atoms with van der Waals surface area (Å²) in [6.07, 6.45) is -2.82. The second kappa shape index (κ2) is 5.19. The molecule has 1 aliphatic carbocycles. The molecule has 0 N–H and O–H groups in total. The lowest BCUT2D eigenvalue weighted by molar-refractivity contribution is -0.137. The first-order valence-electron chi connectivity index (χ1n) is 6.85. The highest BCUT2D eigenvalue weighted by Gasteiger charge is 2.38. The van der Waals surface area contributed by atoms with E-state index in [1.54, 1.807) is 11.0 Å². The third-order valence-corrected chi connectivity index (χ3v) is 3.74. The summed E-state index contributed by atoms with van der Waals surface area (Å²) in [5, 5.41) is 9.19. The molecule has 112 valence electrons. The van der Waals surface area contributed by atoms with Gasteiger partial charge in [-0.25, -0.2) is 4.98 Å². The summed E-state index contributed by atoms with van der Waals surface area (Å²) in [6.45, 7) is 1.77. The number of nitrogens with zero attached hydrogens (tertiary/aromatic N) is 3. The molecule has 0 spiro atoms. The summed E-state index contributed by atoms with van der Waals surface area (Å²) in [5.74, 6) is 0.246. The molecular weight excluding hydrogens is 283 g/mol. The molecule has 3 rings (SSSR count). The largest absolute Gasteiger partial charge is 0.417 e. The molecule has 0 amide bonds. The molecule has 2 aliphatic rings. The molecule has 1 aromatic heterocycles. The number of pyridine rings is 1. The molecule has 1 aromatic rings. The fourth-order valence-electron chi connectivity index (χ4n) is 2.48. The molecular formula is C14H14F3N3O. The van der Waals surface area contributed by atoms with E-state index in [9.17, 15) is 18.4 Å². The number of hydrogen-bond acceptors (Lipinski definition) is 4. The van der Waals surface area contributed by atoms with E-state index in [0.717, 1.165) is 18.9 Å². The number of nitriles is 1. The smallest absolute Gasteiger partial charge is 0.378 e. The summed E-state index contributed by atoms with van der Waals surface area (Å²) in [6, 6.07) is 2.73. The van der Waals surface area contributed by atoms with Gasteiger partial charge in [0, 0.05) is 24.7 Å². The van der Waals surface area contributed by atoms with Gasteiger partial charge in [-0.05, 0) is 18.9 Å². The van der Waals surface area contributed by atoms with Crippen molar-refractivity contribution < 1.29 is 17.9 Å². The average Bonchev–Trinajstić information content (AvgIpc) is 3.30. The minimum Gasteiger partial charge on any atom is -0.378 e. The van der Waals surface area contributed by atoms with Crippen molar-refractivity contribution in [2.45, 2.75) is 24.9 Å². The van der Waals surface area contributed by atoms with Crippen LogP contribution in [0.5, 0.6) is 0 Å². The predicted molar refractivity (Wildman–Crippen MR) is 69.0 cm³/mol. The Labute approximate surface area is 120 Å². The average molecular weight is 297 g/mol. The fourth-order valence-corrected chi connectivity index (χ4v) is 2.48. The zero-order valence-electron chi connectivity index (χ0n) is 11.3. The quantitative estimate of drug-likeness (QED) is 0.842. The van der Waals surface area contributed by atoms with Gasteiger partial charge in [0.1, 0.15) is 17.5 Å². The van der Waals surface area contributed by atoms with Crippen molar-refractivity contribution >= 4 is 5.82 Å². The van der Waals surface area contributed by atoms with Crippen molar-refractivity contribution in [3.05, 3.63) is 22.9 Å². The normalized spacial score (nSPS) is 19.4. The summed E-state index contributed by atoms with van der Waals surface area (Å²) in [7, 11) is 0. The predicted octanol–water partition coefficient (Wildman–Crippen LogP) is 2.69. The Bertz CT molecular complexity index is 584. The summed E-state index contributed by atoms with van der Waals surface area (Å²) in [5.41, 5.74) is -0.806. The van der Waals surface area contributed by atoms with Gasteiger partial charge in [-0.2, -0.15) is 18.4 Å². The van der Waals surface area contributed by atoms with E-state index in [2.05, 4.69) is 4.98 Å². The van der Waals surface area contributed by atoms with Crippen molar-refractivity contribution in [2.75, 3.05) is 31.2 Å². The lowest BCUT2D eigenvalue weighted by atomic mass is 10.1. The highest BCUT2D eigenvalue weighted by molar-refractivity contribution is 5.60. The van der Waals surface area contributed by atoms with Crippen LogP contribution < -0.4 is 4.90 Å². The summed E-state index contributed by atoms with van der Waals surface area (Å²) >= 11 is 0. The van der Waals surface area contributed by atoms with E-state index in [4.69, 9.17) is 4.74 Å². The number of ether oxygens (including phenoxy) is 1. The van der Waals surface area contributed by atoms with Crippen LogP contribution in [0.2, 0.25) is 0 Å². The Hall–Kier alpha value is -1.81. The molecule has 1 aliphatic heterocycles. The zero-order valence-corrected chi connectivity index (χ0v) is 11.3. The SMILES string of the molecule is N#Cc1c(C(F)(F)F)cc(C2CC2)nc1N1CCOCC1. The van der Waals surface area contributed by atoms with E-state index < -0.39 is 11.7 Å². The van der Waals surface area contributed by atoms with Gasteiger partial charge in [-0.15, -0.1) is 0 Å². The zero-order chi connectivity index (χ0) is 15.0. The number of rotatable bonds is 2. The maximum atomic E-state index is 13.2. The summed E-state index contributed by atoms with van der Waals surface area (Å²) < 4.78 is 44.9. The second-order valence-corrected chi connectivity index (χ2v) is 5.28. The van der Waals surface area contributed by atoms with Crippen LogP contribution in [0, 0.1) is 11.3 Å². The molecule has 21 heavy (non-hydrogen) atoms. The van der Waals surface area contributed by atoms with Gasteiger partial charge in [0.15, 0.2) is 0 Å². The number of morpholine rings is 1. The van der Waals surface area contributed by atoms with Crippen molar-refractivity contribution in [1.82, 2.24) is 4.98 Å². The first-order valence-corrected chi connectivity index (χ1v) is 6.85. The van der Waals surface area contributed by atoms with Crippen LogP contribution in [-0.4, -0.2) is 31.3 Å². The number of alkyl halides is 3. The Kier molecular flexibility index (Phi) is 3.49. The maximum absolute atomic E-state index is 13.2. The third-order valence-electron chi connectivity index (χ3n) is 3.74. The van der Waals surface area contributed by atoms with Crippen LogP contribution in [0.3, 0.4) is 0 Å². The monoisotopic (exact) mass is 297 g/mol. The van der Waals surface area contributed by atoms with Gasteiger partial charge in [-0.1, -0.05) is 0 Å². The van der Waals surface area contributed by atoms with Crippen LogP contribution in [0.1, 0.15) is 35.6 Å². The first kappa shape index (κ1) is 14.1. The van der Waals surface area contributed by atoms with E-state index in [1.807, 2.05) is 0 Å². The molecule has 0 radical (unpaired) electrons. The van der Waals surface area contributed by atoms with Crippen molar-refractivity contribution in [3.8, 4) is 6.07 Å². The highest BCUT2D eigenvalue weighted by atomic mass is 19.4. The highest BCUT2D eigenvalue weighted by Crippen LogP contribution is 2.43. The molecule has 0 aromatic carbocycles. The molecule has 1 saturated carbocycles. The number of aromatic nitrogens is 1. The van der Waals surface area contributed by atoms with Crippen LogP contribution in [-0.2, 0) is 10.9 Å². The molecule has 2 fully saturated rings. The van der Waals surface area contributed by atoms with Crippen molar-refractivity contribution in [1.29, 1.82) is 5.26 Å².